The Morgan fingerprint density at radius 1 is 1.12 bits per heavy atom. The largest absolute Gasteiger partial charge is 0.454 e. The third kappa shape index (κ3) is 3.40. The molecule has 4 rings (SSSR count). The average molecular weight is 389 g/mol. The van der Waals surface area contributed by atoms with Crippen LogP contribution in [-0.2, 0) is 0 Å². The molecule has 8 heteroatoms. The molecular weight excluding hydrogens is 376 g/mol. The summed E-state index contributed by atoms with van der Waals surface area (Å²) in [5, 5.41) is 8.61. The predicted molar refractivity (Wildman–Crippen MR) is 97.0 cm³/mol. The van der Waals surface area contributed by atoms with Crippen LogP contribution in [0.4, 0.5) is 0 Å². The molecule has 2 heterocycles. The predicted octanol–water partition coefficient (Wildman–Crippen LogP) is 4.48. The monoisotopic (exact) mass is 388 g/mol. The smallest absolute Gasteiger partial charge is 0.277 e. The normalized spacial score (nSPS) is 13.6. The minimum absolute atomic E-state index is 0.0329. The Labute approximate surface area is 158 Å². The van der Waals surface area contributed by atoms with E-state index in [9.17, 15) is 4.79 Å². The van der Waals surface area contributed by atoms with Crippen LogP contribution in [-0.4, -0.2) is 28.0 Å². The molecule has 0 saturated heterocycles. The highest BCUT2D eigenvalue weighted by atomic mass is 35.5. The Kier molecular flexibility index (Phi) is 4.57. The van der Waals surface area contributed by atoms with E-state index >= 15 is 0 Å². The van der Waals surface area contributed by atoms with Gasteiger partial charge in [0.25, 0.3) is 5.22 Å². The number of nitrogens with zero attached hydrogens (tertiary/aromatic N) is 2. The van der Waals surface area contributed by atoms with E-state index in [2.05, 4.69) is 10.2 Å². The fourth-order valence-corrected chi connectivity index (χ4v) is 3.34. The van der Waals surface area contributed by atoms with Crippen molar-refractivity contribution in [3.8, 4) is 23.0 Å². The van der Waals surface area contributed by atoms with Crippen molar-refractivity contribution in [2.45, 2.75) is 17.4 Å². The zero-order valence-corrected chi connectivity index (χ0v) is 15.2. The maximum Gasteiger partial charge on any atom is 0.277 e. The quantitative estimate of drug-likeness (QED) is 0.471. The van der Waals surface area contributed by atoms with E-state index in [-0.39, 0.29) is 17.8 Å². The second-order valence-electron chi connectivity index (χ2n) is 5.57. The lowest BCUT2D eigenvalue weighted by Crippen LogP contribution is -2.13. The summed E-state index contributed by atoms with van der Waals surface area (Å²) in [6, 6.07) is 12.2. The van der Waals surface area contributed by atoms with Crippen molar-refractivity contribution in [1.29, 1.82) is 0 Å². The van der Waals surface area contributed by atoms with Crippen LogP contribution in [0, 0.1) is 0 Å². The lowest BCUT2D eigenvalue weighted by Gasteiger charge is -2.07. The molecule has 0 spiro atoms. The molecule has 26 heavy (non-hydrogen) atoms. The van der Waals surface area contributed by atoms with Gasteiger partial charge in [-0.05, 0) is 49.4 Å². The molecule has 132 valence electrons. The molecular formula is C18H13ClN2O4S. The lowest BCUT2D eigenvalue weighted by atomic mass is 10.1. The number of hydrogen-bond acceptors (Lipinski definition) is 7. The van der Waals surface area contributed by atoms with Gasteiger partial charge in [-0.25, -0.2) is 0 Å². The highest BCUT2D eigenvalue weighted by molar-refractivity contribution is 8.00. The maximum absolute atomic E-state index is 12.5. The molecule has 1 atom stereocenters. The van der Waals surface area contributed by atoms with Crippen molar-refractivity contribution >= 4 is 29.1 Å². The number of ether oxygens (including phenoxy) is 2. The van der Waals surface area contributed by atoms with Gasteiger partial charge in [-0.2, -0.15) is 0 Å². The summed E-state index contributed by atoms with van der Waals surface area (Å²) in [6.45, 7) is 2.00. The number of Topliss-reactive ketones (excluding diaryl/α,β-unsaturated/α-hetero) is 1. The van der Waals surface area contributed by atoms with Crippen LogP contribution in [0.5, 0.6) is 11.5 Å². The van der Waals surface area contributed by atoms with Crippen molar-refractivity contribution in [2.24, 2.45) is 0 Å². The molecule has 6 nitrogen and oxygen atoms in total. The summed E-state index contributed by atoms with van der Waals surface area (Å²) < 4.78 is 16.3. The first-order valence-electron chi connectivity index (χ1n) is 7.80. The van der Waals surface area contributed by atoms with E-state index in [4.69, 9.17) is 25.5 Å². The van der Waals surface area contributed by atoms with E-state index in [0.29, 0.717) is 33.2 Å². The van der Waals surface area contributed by atoms with E-state index in [1.54, 1.807) is 43.3 Å². The molecule has 0 saturated carbocycles. The maximum atomic E-state index is 12.5. The molecule has 0 N–H and O–H groups in total. The summed E-state index contributed by atoms with van der Waals surface area (Å²) >= 11 is 7.07. The minimum atomic E-state index is -0.374. The molecule has 1 aromatic heterocycles. The third-order valence-electron chi connectivity index (χ3n) is 3.80. The van der Waals surface area contributed by atoms with Gasteiger partial charge in [0.1, 0.15) is 0 Å². The molecule has 0 bridgehead atoms. The topological polar surface area (TPSA) is 74.5 Å². The number of rotatable bonds is 5. The van der Waals surface area contributed by atoms with Gasteiger partial charge in [0.15, 0.2) is 17.3 Å². The minimum Gasteiger partial charge on any atom is -0.454 e. The molecule has 0 aliphatic carbocycles. The number of fused-ring (bicyclic) bond motifs is 1. The van der Waals surface area contributed by atoms with Crippen molar-refractivity contribution in [1.82, 2.24) is 10.2 Å². The summed E-state index contributed by atoms with van der Waals surface area (Å²) in [4.78, 5) is 12.5. The molecule has 0 radical (unpaired) electrons. The van der Waals surface area contributed by atoms with Crippen LogP contribution in [0.2, 0.25) is 5.02 Å². The second-order valence-corrected chi connectivity index (χ2v) is 7.30. The van der Waals surface area contributed by atoms with Crippen molar-refractivity contribution < 1.29 is 18.7 Å². The SMILES string of the molecule is C[C@@H](Sc1nnc(-c2ccc3c(c2)OCO3)o1)C(=O)c1ccc(Cl)cc1. The number of ketones is 1. The van der Waals surface area contributed by atoms with Crippen LogP contribution in [0.3, 0.4) is 0 Å². The van der Waals surface area contributed by atoms with Crippen LogP contribution < -0.4 is 9.47 Å². The summed E-state index contributed by atoms with van der Waals surface area (Å²) in [5.41, 5.74) is 1.31. The standard InChI is InChI=1S/C18H13ClN2O4S/c1-10(16(22)11-2-5-13(19)6-3-11)26-18-21-20-17(25-18)12-4-7-14-15(8-12)24-9-23-14/h2-8,10H,9H2,1H3/t10-/m1/s1. The van der Waals surface area contributed by atoms with Crippen LogP contribution in [0.15, 0.2) is 52.1 Å². The Bertz CT molecular complexity index is 958. The van der Waals surface area contributed by atoms with Gasteiger partial charge < -0.3 is 13.9 Å². The van der Waals surface area contributed by atoms with Gasteiger partial charge in [0.2, 0.25) is 12.7 Å². The number of carbonyl (C=O) groups is 1. The molecule has 0 unspecified atom stereocenters. The Balaban J connectivity index is 1.48. The number of aromatic nitrogens is 2. The fraction of sp³-hybridized carbons (Fsp3) is 0.167. The zero-order chi connectivity index (χ0) is 18.1. The molecule has 3 aromatic rings. The summed E-state index contributed by atoms with van der Waals surface area (Å²) in [6.07, 6.45) is 0. The van der Waals surface area contributed by atoms with Gasteiger partial charge in [0.05, 0.1) is 5.25 Å². The molecule has 1 aliphatic rings. The Hall–Kier alpha value is -2.51. The fourth-order valence-electron chi connectivity index (χ4n) is 2.46. The number of thioether (sulfide) groups is 1. The molecule has 1 aliphatic heterocycles. The molecule has 0 amide bonds. The van der Waals surface area contributed by atoms with Crippen LogP contribution in [0.25, 0.3) is 11.5 Å². The van der Waals surface area contributed by atoms with Crippen molar-refractivity contribution in [2.75, 3.05) is 6.79 Å². The average Bonchev–Trinajstić information content (AvgIpc) is 3.30. The first kappa shape index (κ1) is 16.9. The van der Waals surface area contributed by atoms with E-state index in [1.807, 2.05) is 6.07 Å². The second kappa shape index (κ2) is 7.01. The van der Waals surface area contributed by atoms with Gasteiger partial charge in [-0.1, -0.05) is 23.4 Å². The molecule has 2 aromatic carbocycles. The van der Waals surface area contributed by atoms with Gasteiger partial charge in [-0.3, -0.25) is 4.79 Å². The van der Waals surface area contributed by atoms with Gasteiger partial charge in [0, 0.05) is 16.1 Å². The number of carbonyl (C=O) groups excluding carboxylic acids is 1. The van der Waals surface area contributed by atoms with Gasteiger partial charge in [-0.15, -0.1) is 10.2 Å². The highest BCUT2D eigenvalue weighted by Crippen LogP contribution is 2.36. The van der Waals surface area contributed by atoms with E-state index in [0.717, 1.165) is 5.56 Å². The first-order valence-corrected chi connectivity index (χ1v) is 9.06. The third-order valence-corrected chi connectivity index (χ3v) is 4.99. The summed E-state index contributed by atoms with van der Waals surface area (Å²) in [7, 11) is 0. The van der Waals surface area contributed by atoms with Crippen molar-refractivity contribution in [3.05, 3.63) is 53.1 Å². The highest BCUT2D eigenvalue weighted by Gasteiger charge is 2.21. The number of halogens is 1. The van der Waals surface area contributed by atoms with Crippen LogP contribution in [0.1, 0.15) is 17.3 Å². The van der Waals surface area contributed by atoms with Crippen molar-refractivity contribution in [3.63, 3.8) is 0 Å². The first-order chi connectivity index (χ1) is 12.6. The van der Waals surface area contributed by atoms with E-state index in [1.165, 1.54) is 11.8 Å². The number of benzene rings is 2. The Morgan fingerprint density at radius 3 is 2.69 bits per heavy atom. The number of hydrogen-bond donors (Lipinski definition) is 0. The lowest BCUT2D eigenvalue weighted by molar-refractivity contribution is 0.0993. The molecule has 0 fully saturated rings. The Morgan fingerprint density at radius 2 is 1.88 bits per heavy atom. The van der Waals surface area contributed by atoms with E-state index < -0.39 is 0 Å². The van der Waals surface area contributed by atoms with Crippen LogP contribution >= 0.6 is 23.4 Å². The zero-order valence-electron chi connectivity index (χ0n) is 13.6. The van der Waals surface area contributed by atoms with Gasteiger partial charge >= 0.3 is 0 Å². The summed E-state index contributed by atoms with van der Waals surface area (Å²) in [5.74, 6) is 1.65.